The van der Waals surface area contributed by atoms with Crippen molar-refractivity contribution >= 4 is 11.5 Å². The van der Waals surface area contributed by atoms with Gasteiger partial charge in [0, 0.05) is 48.0 Å². The highest BCUT2D eigenvalue weighted by Crippen LogP contribution is 2.53. The van der Waals surface area contributed by atoms with Crippen molar-refractivity contribution in [3.8, 4) is 0 Å². The first-order chi connectivity index (χ1) is 18.4. The Morgan fingerprint density at radius 3 is 2.50 bits per heavy atom. The van der Waals surface area contributed by atoms with Crippen LogP contribution < -0.4 is 10.2 Å². The third-order valence-corrected chi connectivity index (χ3v) is 9.24. The summed E-state index contributed by atoms with van der Waals surface area (Å²) in [6.45, 7) is 14.4. The second-order valence-corrected chi connectivity index (χ2v) is 12.4. The summed E-state index contributed by atoms with van der Waals surface area (Å²) in [6, 6.07) is 18.4. The summed E-state index contributed by atoms with van der Waals surface area (Å²) in [5.74, 6) is 2.31. The molecule has 38 heavy (non-hydrogen) atoms. The summed E-state index contributed by atoms with van der Waals surface area (Å²) in [6.07, 6.45) is 6.45. The highest BCUT2D eigenvalue weighted by Gasteiger charge is 2.47. The average molecular weight is 510 g/mol. The lowest BCUT2D eigenvalue weighted by Gasteiger charge is -2.41. The molecule has 3 aliphatic rings. The highest BCUT2D eigenvalue weighted by molar-refractivity contribution is 5.75. The van der Waals surface area contributed by atoms with E-state index < -0.39 is 0 Å². The van der Waals surface area contributed by atoms with Gasteiger partial charge in [-0.05, 0) is 73.4 Å². The molecule has 1 spiro atoms. The van der Waals surface area contributed by atoms with E-state index in [0.717, 1.165) is 39.1 Å². The standard InChI is InChI=1S/C33H43N5/c1-23(2)27-13-14-28-30(27)32(36-22-35-28)38-21-33(31-26(19-34-24(3)4)11-8-12-29(31)38)15-17-37(18-16-33)20-25-9-6-5-7-10-25/h5-12,22-24,27,34H,13-21H2,1-4H3. The zero-order chi connectivity index (χ0) is 26.3. The molecule has 5 nitrogen and oxygen atoms in total. The Labute approximate surface area is 228 Å². The largest absolute Gasteiger partial charge is 0.325 e. The Hall–Kier alpha value is -2.76. The van der Waals surface area contributed by atoms with Gasteiger partial charge in [0.2, 0.25) is 0 Å². The van der Waals surface area contributed by atoms with Gasteiger partial charge in [-0.2, -0.15) is 0 Å². The fourth-order valence-electron chi connectivity index (χ4n) is 7.25. The van der Waals surface area contributed by atoms with Crippen molar-refractivity contribution in [2.45, 2.75) is 83.8 Å². The van der Waals surface area contributed by atoms with E-state index in [1.54, 1.807) is 5.56 Å². The van der Waals surface area contributed by atoms with E-state index in [0.29, 0.717) is 17.9 Å². The molecule has 1 fully saturated rings. The van der Waals surface area contributed by atoms with Crippen LogP contribution in [0.25, 0.3) is 0 Å². The third kappa shape index (κ3) is 4.65. The van der Waals surface area contributed by atoms with E-state index in [-0.39, 0.29) is 5.41 Å². The SMILES string of the molecule is CC(C)NCc1cccc2c1C1(CCN(Cc3ccccc3)CC1)CN2c1ncnc2c1C(C(C)C)CC2. The van der Waals surface area contributed by atoms with Crippen molar-refractivity contribution in [2.75, 3.05) is 24.5 Å². The Balaban J connectivity index is 1.36. The van der Waals surface area contributed by atoms with Crippen LogP contribution in [0, 0.1) is 5.92 Å². The van der Waals surface area contributed by atoms with Crippen molar-refractivity contribution in [2.24, 2.45) is 5.92 Å². The van der Waals surface area contributed by atoms with Crippen LogP contribution in [-0.4, -0.2) is 40.5 Å². The normalized spacial score (nSPS) is 20.5. The second kappa shape index (κ2) is 10.4. The van der Waals surface area contributed by atoms with Gasteiger partial charge in [0.15, 0.2) is 0 Å². The number of anilines is 2. The van der Waals surface area contributed by atoms with Crippen LogP contribution >= 0.6 is 0 Å². The van der Waals surface area contributed by atoms with Crippen LogP contribution in [0.4, 0.5) is 11.5 Å². The smallest absolute Gasteiger partial charge is 0.140 e. The molecule has 1 unspecified atom stereocenters. The third-order valence-electron chi connectivity index (χ3n) is 9.24. The van der Waals surface area contributed by atoms with Gasteiger partial charge in [0.25, 0.3) is 0 Å². The molecule has 1 aromatic heterocycles. The van der Waals surface area contributed by atoms with Gasteiger partial charge in [0.05, 0.1) is 0 Å². The monoisotopic (exact) mass is 509 g/mol. The van der Waals surface area contributed by atoms with Crippen LogP contribution in [0.3, 0.4) is 0 Å². The Morgan fingerprint density at radius 1 is 0.974 bits per heavy atom. The molecule has 6 rings (SSSR count). The molecule has 2 aliphatic heterocycles. The first kappa shape index (κ1) is 25.5. The molecular formula is C33H43N5. The van der Waals surface area contributed by atoms with Crippen LogP contribution in [-0.2, 0) is 24.9 Å². The fourth-order valence-corrected chi connectivity index (χ4v) is 7.25. The molecule has 0 saturated carbocycles. The first-order valence-electron chi connectivity index (χ1n) is 14.7. The van der Waals surface area contributed by atoms with Gasteiger partial charge in [-0.25, -0.2) is 9.97 Å². The summed E-state index contributed by atoms with van der Waals surface area (Å²) in [5, 5.41) is 3.72. The lowest BCUT2D eigenvalue weighted by atomic mass is 9.72. The number of nitrogens with zero attached hydrogens (tertiary/aromatic N) is 4. The van der Waals surface area contributed by atoms with E-state index in [9.17, 15) is 0 Å². The van der Waals surface area contributed by atoms with E-state index in [1.807, 2.05) is 6.33 Å². The number of hydrogen-bond acceptors (Lipinski definition) is 5. The van der Waals surface area contributed by atoms with Gasteiger partial charge in [-0.1, -0.05) is 70.2 Å². The maximum atomic E-state index is 5.01. The zero-order valence-corrected chi connectivity index (χ0v) is 23.6. The minimum Gasteiger partial charge on any atom is -0.325 e. The molecule has 0 bridgehead atoms. The number of nitrogens with one attached hydrogen (secondary N) is 1. The predicted octanol–water partition coefficient (Wildman–Crippen LogP) is 6.35. The molecule has 1 saturated heterocycles. The van der Waals surface area contributed by atoms with Crippen LogP contribution in [0.1, 0.15) is 80.8 Å². The fraction of sp³-hybridized carbons (Fsp3) is 0.515. The van der Waals surface area contributed by atoms with Gasteiger partial charge in [0.1, 0.15) is 12.1 Å². The Morgan fingerprint density at radius 2 is 1.76 bits per heavy atom. The van der Waals surface area contributed by atoms with Crippen molar-refractivity contribution in [3.63, 3.8) is 0 Å². The molecule has 1 atom stereocenters. The molecule has 5 heteroatoms. The van der Waals surface area contributed by atoms with Gasteiger partial charge in [-0.3, -0.25) is 4.90 Å². The van der Waals surface area contributed by atoms with E-state index in [1.165, 1.54) is 53.2 Å². The highest BCUT2D eigenvalue weighted by atomic mass is 15.2. The van der Waals surface area contributed by atoms with Crippen molar-refractivity contribution < 1.29 is 0 Å². The Bertz CT molecular complexity index is 1260. The summed E-state index contributed by atoms with van der Waals surface area (Å²) in [7, 11) is 0. The quantitative estimate of drug-likeness (QED) is 0.402. The van der Waals surface area contributed by atoms with Gasteiger partial charge in [-0.15, -0.1) is 0 Å². The molecule has 3 heterocycles. The average Bonchev–Trinajstić information content (AvgIpc) is 3.50. The lowest BCUT2D eigenvalue weighted by Crippen LogP contribution is -2.45. The Kier molecular flexibility index (Phi) is 7.00. The summed E-state index contributed by atoms with van der Waals surface area (Å²) in [5.41, 5.74) is 8.65. The number of likely N-dealkylation sites (tertiary alicyclic amines) is 1. The zero-order valence-electron chi connectivity index (χ0n) is 23.6. The predicted molar refractivity (Wildman–Crippen MR) is 156 cm³/mol. The molecule has 0 amide bonds. The molecular weight excluding hydrogens is 466 g/mol. The molecule has 1 N–H and O–H groups in total. The molecule has 2 aromatic carbocycles. The second-order valence-electron chi connectivity index (χ2n) is 12.4. The maximum absolute atomic E-state index is 5.01. The summed E-state index contributed by atoms with van der Waals surface area (Å²) >= 11 is 0. The number of aromatic nitrogens is 2. The van der Waals surface area contributed by atoms with Crippen molar-refractivity contribution in [1.29, 1.82) is 0 Å². The van der Waals surface area contributed by atoms with Crippen molar-refractivity contribution in [3.05, 3.63) is 82.8 Å². The summed E-state index contributed by atoms with van der Waals surface area (Å²) in [4.78, 5) is 15.0. The molecule has 1 aliphatic carbocycles. The van der Waals surface area contributed by atoms with Crippen LogP contribution in [0.15, 0.2) is 54.9 Å². The lowest BCUT2D eigenvalue weighted by molar-refractivity contribution is 0.160. The molecule has 0 radical (unpaired) electrons. The first-order valence-corrected chi connectivity index (χ1v) is 14.7. The van der Waals surface area contributed by atoms with E-state index in [4.69, 9.17) is 9.97 Å². The number of hydrogen-bond donors (Lipinski definition) is 1. The van der Waals surface area contributed by atoms with Crippen LogP contribution in [0.2, 0.25) is 0 Å². The van der Waals surface area contributed by atoms with Gasteiger partial charge >= 0.3 is 0 Å². The number of rotatable bonds is 7. The van der Waals surface area contributed by atoms with E-state index >= 15 is 0 Å². The minimum atomic E-state index is 0.154. The van der Waals surface area contributed by atoms with Crippen LogP contribution in [0.5, 0.6) is 0 Å². The number of piperidine rings is 1. The molecule has 3 aromatic rings. The maximum Gasteiger partial charge on any atom is 0.140 e. The number of aryl methyl sites for hydroxylation is 1. The number of fused-ring (bicyclic) bond motifs is 3. The topological polar surface area (TPSA) is 44.3 Å². The van der Waals surface area contributed by atoms with E-state index in [2.05, 4.69) is 91.3 Å². The summed E-state index contributed by atoms with van der Waals surface area (Å²) < 4.78 is 0. The van der Waals surface area contributed by atoms with Crippen molar-refractivity contribution in [1.82, 2.24) is 20.2 Å². The number of benzene rings is 2. The minimum absolute atomic E-state index is 0.154. The molecule has 200 valence electrons. The van der Waals surface area contributed by atoms with Gasteiger partial charge < -0.3 is 10.2 Å².